The molecule has 0 unspecified atom stereocenters. The molecule has 3 rings (SSSR count). The maximum Gasteiger partial charge on any atom is 0.269 e. The number of hydrogen-bond acceptors (Lipinski definition) is 6. The molecule has 24 heavy (non-hydrogen) atoms. The van der Waals surface area contributed by atoms with E-state index in [2.05, 4.69) is 20.8 Å². The summed E-state index contributed by atoms with van der Waals surface area (Å²) in [6.45, 7) is 0.222. The predicted molar refractivity (Wildman–Crippen MR) is 84.2 cm³/mol. The highest BCUT2D eigenvalue weighted by Crippen LogP contribution is 2.27. The van der Waals surface area contributed by atoms with Crippen molar-refractivity contribution in [2.24, 2.45) is 0 Å². The van der Waals surface area contributed by atoms with Crippen molar-refractivity contribution in [3.8, 4) is 0 Å². The molecule has 126 valence electrons. The first-order valence-corrected chi connectivity index (χ1v) is 7.94. The van der Waals surface area contributed by atoms with Crippen LogP contribution >= 0.6 is 0 Å². The molecule has 0 atom stereocenters. The molecule has 0 bridgehead atoms. The molecule has 1 aromatic heterocycles. The van der Waals surface area contributed by atoms with Gasteiger partial charge in [-0.25, -0.2) is 4.68 Å². The number of aromatic nitrogens is 4. The minimum absolute atomic E-state index is 0.0483. The van der Waals surface area contributed by atoms with Gasteiger partial charge in [0.1, 0.15) is 0 Å². The Kier molecular flexibility index (Phi) is 4.78. The van der Waals surface area contributed by atoms with E-state index >= 15 is 0 Å². The predicted octanol–water partition coefficient (Wildman–Crippen LogP) is 2.02. The maximum absolute atomic E-state index is 12.1. The Bertz CT molecular complexity index is 721. The van der Waals surface area contributed by atoms with Gasteiger partial charge >= 0.3 is 0 Å². The minimum Gasteiger partial charge on any atom is -0.345 e. The van der Waals surface area contributed by atoms with Crippen LogP contribution in [0.1, 0.15) is 54.3 Å². The number of nitrogens with zero attached hydrogens (tertiary/aromatic N) is 5. The fourth-order valence-corrected chi connectivity index (χ4v) is 2.93. The Labute approximate surface area is 138 Å². The van der Waals surface area contributed by atoms with Crippen molar-refractivity contribution in [3.05, 3.63) is 45.8 Å². The largest absolute Gasteiger partial charge is 0.345 e. The van der Waals surface area contributed by atoms with E-state index in [1.807, 2.05) is 0 Å². The molecule has 0 saturated heterocycles. The van der Waals surface area contributed by atoms with Crippen LogP contribution in [0.4, 0.5) is 5.69 Å². The first-order chi connectivity index (χ1) is 11.6. The summed E-state index contributed by atoms with van der Waals surface area (Å²) in [5.41, 5.74) is 0.310. The molecule has 2 aromatic rings. The van der Waals surface area contributed by atoms with E-state index in [0.29, 0.717) is 17.4 Å². The van der Waals surface area contributed by atoms with E-state index in [0.717, 1.165) is 12.8 Å². The molecule has 1 aromatic carbocycles. The van der Waals surface area contributed by atoms with Crippen LogP contribution in [0.3, 0.4) is 0 Å². The fraction of sp³-hybridized carbons (Fsp3) is 0.467. The Morgan fingerprint density at radius 3 is 2.62 bits per heavy atom. The van der Waals surface area contributed by atoms with Crippen LogP contribution in [0.25, 0.3) is 0 Å². The van der Waals surface area contributed by atoms with Gasteiger partial charge in [0.2, 0.25) is 0 Å². The Balaban J connectivity index is 1.62. The van der Waals surface area contributed by atoms with Gasteiger partial charge in [-0.15, -0.1) is 5.10 Å². The van der Waals surface area contributed by atoms with Crippen LogP contribution in [0, 0.1) is 10.1 Å². The van der Waals surface area contributed by atoms with Crippen LogP contribution in [-0.2, 0) is 6.54 Å². The molecule has 1 aliphatic carbocycles. The van der Waals surface area contributed by atoms with Gasteiger partial charge < -0.3 is 5.32 Å². The van der Waals surface area contributed by atoms with Gasteiger partial charge in [-0.3, -0.25) is 14.9 Å². The number of benzene rings is 1. The highest BCUT2D eigenvalue weighted by molar-refractivity contribution is 5.94. The second-order valence-electron chi connectivity index (χ2n) is 5.82. The van der Waals surface area contributed by atoms with Crippen molar-refractivity contribution in [1.29, 1.82) is 0 Å². The van der Waals surface area contributed by atoms with Crippen molar-refractivity contribution >= 4 is 11.6 Å². The number of carbonyl (C=O) groups excluding carboxylic acids is 1. The molecule has 1 aliphatic rings. The number of nitrogens with one attached hydrogen (secondary N) is 1. The third-order valence-electron chi connectivity index (χ3n) is 4.23. The molecule has 9 heteroatoms. The van der Waals surface area contributed by atoms with Gasteiger partial charge in [0.05, 0.1) is 17.5 Å². The zero-order valence-electron chi connectivity index (χ0n) is 13.1. The van der Waals surface area contributed by atoms with Crippen LogP contribution < -0.4 is 5.32 Å². The summed E-state index contributed by atoms with van der Waals surface area (Å²) >= 11 is 0. The van der Waals surface area contributed by atoms with Crippen molar-refractivity contribution in [1.82, 2.24) is 25.5 Å². The lowest BCUT2D eigenvalue weighted by Crippen LogP contribution is -2.26. The molecule has 1 heterocycles. The van der Waals surface area contributed by atoms with Crippen LogP contribution in [-0.4, -0.2) is 31.0 Å². The van der Waals surface area contributed by atoms with Gasteiger partial charge in [-0.1, -0.05) is 19.3 Å². The van der Waals surface area contributed by atoms with Crippen LogP contribution in [0.15, 0.2) is 24.3 Å². The molecule has 0 aliphatic heterocycles. The standard InChI is InChI=1S/C15H18N6O3/c22-15(11-6-8-13(9-7-11)21(23)24)16-10-14-17-18-19-20(14)12-4-2-1-3-5-12/h6-9,12H,1-5,10H2,(H,16,22). The quantitative estimate of drug-likeness (QED) is 0.662. The van der Waals surface area contributed by atoms with Gasteiger partial charge in [0.25, 0.3) is 11.6 Å². The van der Waals surface area contributed by atoms with Gasteiger partial charge in [-0.05, 0) is 35.4 Å². The number of tetrazole rings is 1. The van der Waals surface area contributed by atoms with E-state index < -0.39 is 4.92 Å². The van der Waals surface area contributed by atoms with Gasteiger partial charge in [0, 0.05) is 17.7 Å². The number of hydrogen-bond donors (Lipinski definition) is 1. The highest BCUT2D eigenvalue weighted by Gasteiger charge is 2.20. The monoisotopic (exact) mass is 330 g/mol. The lowest BCUT2D eigenvalue weighted by atomic mass is 9.95. The molecule has 1 N–H and O–H groups in total. The molecule has 1 fully saturated rings. The molecular formula is C15H18N6O3. The van der Waals surface area contributed by atoms with Crippen molar-refractivity contribution < 1.29 is 9.72 Å². The smallest absolute Gasteiger partial charge is 0.269 e. The first-order valence-electron chi connectivity index (χ1n) is 7.94. The summed E-state index contributed by atoms with van der Waals surface area (Å²) in [6, 6.07) is 5.76. The number of nitro benzene ring substituents is 1. The van der Waals surface area contributed by atoms with Crippen LogP contribution in [0.5, 0.6) is 0 Å². The highest BCUT2D eigenvalue weighted by atomic mass is 16.6. The lowest BCUT2D eigenvalue weighted by Gasteiger charge is -2.22. The third kappa shape index (κ3) is 3.55. The summed E-state index contributed by atoms with van der Waals surface area (Å²) in [7, 11) is 0. The Morgan fingerprint density at radius 1 is 1.25 bits per heavy atom. The van der Waals surface area contributed by atoms with Crippen molar-refractivity contribution in [3.63, 3.8) is 0 Å². The molecule has 1 saturated carbocycles. The average Bonchev–Trinajstić information content (AvgIpc) is 3.09. The molecular weight excluding hydrogens is 312 g/mol. The Hall–Kier alpha value is -2.84. The third-order valence-corrected chi connectivity index (χ3v) is 4.23. The van der Waals surface area contributed by atoms with Crippen LogP contribution in [0.2, 0.25) is 0 Å². The number of non-ortho nitro benzene ring substituents is 1. The Morgan fingerprint density at radius 2 is 1.96 bits per heavy atom. The molecule has 9 nitrogen and oxygen atoms in total. The number of carbonyl (C=O) groups is 1. The van der Waals surface area contributed by atoms with E-state index in [1.54, 1.807) is 4.68 Å². The summed E-state index contributed by atoms with van der Waals surface area (Å²) < 4.78 is 1.80. The van der Waals surface area contributed by atoms with E-state index in [4.69, 9.17) is 0 Å². The van der Waals surface area contributed by atoms with Gasteiger partial charge in [0.15, 0.2) is 5.82 Å². The second kappa shape index (κ2) is 7.16. The average molecular weight is 330 g/mol. The minimum atomic E-state index is -0.500. The summed E-state index contributed by atoms with van der Waals surface area (Å²) in [4.78, 5) is 22.3. The maximum atomic E-state index is 12.1. The SMILES string of the molecule is O=C(NCc1nnnn1C1CCCCC1)c1ccc([N+](=O)[O-])cc1. The lowest BCUT2D eigenvalue weighted by molar-refractivity contribution is -0.384. The van der Waals surface area contributed by atoms with Crippen molar-refractivity contribution in [2.45, 2.75) is 44.7 Å². The zero-order valence-corrected chi connectivity index (χ0v) is 13.1. The molecule has 0 radical (unpaired) electrons. The normalized spacial score (nSPS) is 15.2. The van der Waals surface area contributed by atoms with E-state index in [1.165, 1.54) is 43.5 Å². The van der Waals surface area contributed by atoms with E-state index in [9.17, 15) is 14.9 Å². The fourth-order valence-electron chi connectivity index (χ4n) is 2.93. The molecule has 0 spiro atoms. The zero-order chi connectivity index (χ0) is 16.9. The first kappa shape index (κ1) is 16.0. The number of rotatable bonds is 5. The summed E-state index contributed by atoms with van der Waals surface area (Å²) in [5, 5.41) is 25.1. The van der Waals surface area contributed by atoms with Crippen molar-refractivity contribution in [2.75, 3.05) is 0 Å². The van der Waals surface area contributed by atoms with Gasteiger partial charge in [-0.2, -0.15) is 0 Å². The molecule has 1 amide bonds. The second-order valence-corrected chi connectivity index (χ2v) is 5.82. The summed E-state index contributed by atoms with van der Waals surface area (Å²) in [6.07, 6.45) is 5.67. The number of amides is 1. The topological polar surface area (TPSA) is 116 Å². The number of nitro groups is 1. The summed E-state index contributed by atoms with van der Waals surface area (Å²) in [5.74, 6) is 0.306. The van der Waals surface area contributed by atoms with E-state index in [-0.39, 0.29) is 18.1 Å².